The molecule has 4 nitrogen and oxygen atoms in total. The Balaban J connectivity index is 2.31. The SMILES string of the molecule is CC(C)N(CC1CC1)S(=O)(=O)c1cccc(N)c1. The van der Waals surface area contributed by atoms with Crippen LogP contribution in [0.3, 0.4) is 0 Å². The van der Waals surface area contributed by atoms with Gasteiger partial charge in [0.25, 0.3) is 0 Å². The summed E-state index contributed by atoms with van der Waals surface area (Å²) in [7, 11) is -3.42. The fourth-order valence-corrected chi connectivity index (χ4v) is 3.72. The zero-order valence-electron chi connectivity index (χ0n) is 10.8. The monoisotopic (exact) mass is 268 g/mol. The maximum absolute atomic E-state index is 12.6. The van der Waals surface area contributed by atoms with E-state index in [2.05, 4.69) is 0 Å². The summed E-state index contributed by atoms with van der Waals surface area (Å²) in [6.45, 7) is 4.44. The lowest BCUT2D eigenvalue weighted by Gasteiger charge is -2.26. The van der Waals surface area contributed by atoms with E-state index in [0.29, 0.717) is 18.2 Å². The van der Waals surface area contributed by atoms with Gasteiger partial charge < -0.3 is 5.73 Å². The second kappa shape index (κ2) is 4.90. The minimum Gasteiger partial charge on any atom is -0.399 e. The molecule has 5 heteroatoms. The van der Waals surface area contributed by atoms with E-state index in [1.807, 2.05) is 13.8 Å². The summed E-state index contributed by atoms with van der Waals surface area (Å²) in [5, 5.41) is 0. The largest absolute Gasteiger partial charge is 0.399 e. The van der Waals surface area contributed by atoms with Gasteiger partial charge in [-0.2, -0.15) is 4.31 Å². The van der Waals surface area contributed by atoms with E-state index in [1.165, 1.54) is 6.07 Å². The number of nitrogen functional groups attached to an aromatic ring is 1. The summed E-state index contributed by atoms with van der Waals surface area (Å²) in [6, 6.07) is 6.47. The summed E-state index contributed by atoms with van der Waals surface area (Å²) >= 11 is 0. The predicted molar refractivity (Wildman–Crippen MR) is 72.6 cm³/mol. The Hall–Kier alpha value is -1.07. The summed E-state index contributed by atoms with van der Waals surface area (Å²) in [5.74, 6) is 0.531. The second-order valence-electron chi connectivity index (χ2n) is 5.18. The molecule has 0 heterocycles. The molecule has 0 bridgehead atoms. The van der Waals surface area contributed by atoms with Crippen LogP contribution in [0.4, 0.5) is 5.69 Å². The van der Waals surface area contributed by atoms with Gasteiger partial charge in [-0.05, 0) is 50.8 Å². The normalized spacial score (nSPS) is 16.4. The van der Waals surface area contributed by atoms with Crippen LogP contribution in [0.25, 0.3) is 0 Å². The quantitative estimate of drug-likeness (QED) is 0.832. The van der Waals surface area contributed by atoms with Crippen LogP contribution in [0.5, 0.6) is 0 Å². The molecule has 100 valence electrons. The molecule has 0 aliphatic heterocycles. The molecule has 1 aromatic carbocycles. The molecule has 1 fully saturated rings. The van der Waals surface area contributed by atoms with Crippen LogP contribution in [0.15, 0.2) is 29.2 Å². The molecular weight excluding hydrogens is 248 g/mol. The van der Waals surface area contributed by atoms with E-state index < -0.39 is 10.0 Å². The van der Waals surface area contributed by atoms with Gasteiger partial charge >= 0.3 is 0 Å². The molecule has 0 aromatic heterocycles. The molecule has 1 aromatic rings. The predicted octanol–water partition coefficient (Wildman–Crippen LogP) is 2.08. The maximum Gasteiger partial charge on any atom is 0.243 e. The molecule has 0 radical (unpaired) electrons. The van der Waals surface area contributed by atoms with E-state index in [0.717, 1.165) is 12.8 Å². The number of hydrogen-bond acceptors (Lipinski definition) is 3. The Bertz CT molecular complexity index is 522. The number of nitrogens with two attached hydrogens (primary N) is 1. The van der Waals surface area contributed by atoms with Crippen LogP contribution >= 0.6 is 0 Å². The minimum absolute atomic E-state index is 0.0305. The third-order valence-corrected chi connectivity index (χ3v) is 5.21. The average molecular weight is 268 g/mol. The van der Waals surface area contributed by atoms with Crippen molar-refractivity contribution in [3.63, 3.8) is 0 Å². The van der Waals surface area contributed by atoms with Crippen molar-refractivity contribution in [1.82, 2.24) is 4.31 Å². The molecule has 0 unspecified atom stereocenters. The smallest absolute Gasteiger partial charge is 0.243 e. The summed E-state index contributed by atoms with van der Waals surface area (Å²) in [5.41, 5.74) is 6.14. The first kappa shape index (κ1) is 13.4. The highest BCUT2D eigenvalue weighted by atomic mass is 32.2. The zero-order chi connectivity index (χ0) is 13.3. The van der Waals surface area contributed by atoms with Gasteiger partial charge in [0.2, 0.25) is 10.0 Å². The van der Waals surface area contributed by atoms with Gasteiger partial charge in [-0.1, -0.05) is 6.07 Å². The highest BCUT2D eigenvalue weighted by molar-refractivity contribution is 7.89. The zero-order valence-corrected chi connectivity index (χ0v) is 11.7. The van der Waals surface area contributed by atoms with Crippen LogP contribution in [0.2, 0.25) is 0 Å². The highest BCUT2D eigenvalue weighted by Gasteiger charge is 2.33. The molecule has 18 heavy (non-hydrogen) atoms. The third-order valence-electron chi connectivity index (χ3n) is 3.18. The van der Waals surface area contributed by atoms with Crippen molar-refractivity contribution in [2.75, 3.05) is 12.3 Å². The van der Waals surface area contributed by atoms with Crippen LogP contribution in [-0.2, 0) is 10.0 Å². The van der Waals surface area contributed by atoms with Gasteiger partial charge in [0.05, 0.1) is 4.90 Å². The summed E-state index contributed by atoms with van der Waals surface area (Å²) in [4.78, 5) is 0.289. The lowest BCUT2D eigenvalue weighted by molar-refractivity contribution is 0.342. The molecule has 2 N–H and O–H groups in total. The summed E-state index contributed by atoms with van der Waals surface area (Å²) in [6.07, 6.45) is 2.27. The average Bonchev–Trinajstić information content (AvgIpc) is 3.09. The van der Waals surface area contributed by atoms with Gasteiger partial charge in [0.15, 0.2) is 0 Å². The van der Waals surface area contributed by atoms with E-state index in [4.69, 9.17) is 5.73 Å². The van der Waals surface area contributed by atoms with Crippen LogP contribution < -0.4 is 5.73 Å². The molecule has 1 aliphatic carbocycles. The van der Waals surface area contributed by atoms with E-state index in [-0.39, 0.29) is 10.9 Å². The molecule has 1 saturated carbocycles. The summed E-state index contributed by atoms with van der Waals surface area (Å²) < 4.78 is 26.7. The Morgan fingerprint density at radius 1 is 1.39 bits per heavy atom. The number of nitrogens with zero attached hydrogens (tertiary/aromatic N) is 1. The van der Waals surface area contributed by atoms with Gasteiger partial charge in [-0.15, -0.1) is 0 Å². The molecule has 0 atom stereocenters. The van der Waals surface area contributed by atoms with Gasteiger partial charge in [-0.3, -0.25) is 0 Å². The van der Waals surface area contributed by atoms with Gasteiger partial charge in [-0.25, -0.2) is 8.42 Å². The van der Waals surface area contributed by atoms with Gasteiger partial charge in [0.1, 0.15) is 0 Å². The number of benzene rings is 1. The molecular formula is C13H20N2O2S. The molecule has 2 rings (SSSR count). The van der Waals surface area contributed by atoms with Crippen molar-refractivity contribution in [2.24, 2.45) is 5.92 Å². The standard InChI is InChI=1S/C13H20N2O2S/c1-10(2)15(9-11-6-7-11)18(16,17)13-5-3-4-12(14)8-13/h3-5,8,10-11H,6-7,9,14H2,1-2H3. The van der Waals surface area contributed by atoms with Crippen molar-refractivity contribution in [1.29, 1.82) is 0 Å². The van der Waals surface area contributed by atoms with Crippen molar-refractivity contribution in [2.45, 2.75) is 37.6 Å². The Morgan fingerprint density at radius 3 is 2.56 bits per heavy atom. The van der Waals surface area contributed by atoms with Crippen LogP contribution in [-0.4, -0.2) is 25.3 Å². The lowest BCUT2D eigenvalue weighted by Crippen LogP contribution is -2.38. The second-order valence-corrected chi connectivity index (χ2v) is 7.07. The number of rotatable bonds is 5. The molecule has 0 spiro atoms. The molecule has 0 saturated heterocycles. The molecule has 0 amide bonds. The Kier molecular flexibility index (Phi) is 3.64. The lowest BCUT2D eigenvalue weighted by atomic mass is 10.3. The van der Waals surface area contributed by atoms with Crippen molar-refractivity contribution in [3.05, 3.63) is 24.3 Å². The topological polar surface area (TPSA) is 63.4 Å². The Labute approximate surface area is 109 Å². The highest BCUT2D eigenvalue weighted by Crippen LogP contribution is 2.32. The van der Waals surface area contributed by atoms with Crippen molar-refractivity contribution < 1.29 is 8.42 Å². The fourth-order valence-electron chi connectivity index (χ4n) is 1.95. The van der Waals surface area contributed by atoms with E-state index in [1.54, 1.807) is 22.5 Å². The third kappa shape index (κ3) is 2.84. The molecule has 1 aliphatic rings. The Morgan fingerprint density at radius 2 is 2.06 bits per heavy atom. The minimum atomic E-state index is -3.42. The fraction of sp³-hybridized carbons (Fsp3) is 0.538. The number of hydrogen-bond donors (Lipinski definition) is 1. The van der Waals surface area contributed by atoms with Crippen molar-refractivity contribution in [3.8, 4) is 0 Å². The van der Waals surface area contributed by atoms with Crippen LogP contribution in [0, 0.1) is 5.92 Å². The van der Waals surface area contributed by atoms with Crippen LogP contribution in [0.1, 0.15) is 26.7 Å². The maximum atomic E-state index is 12.6. The van der Waals surface area contributed by atoms with E-state index in [9.17, 15) is 8.42 Å². The first-order chi connectivity index (χ1) is 8.41. The first-order valence-electron chi connectivity index (χ1n) is 6.28. The number of anilines is 1. The van der Waals surface area contributed by atoms with Gasteiger partial charge in [0, 0.05) is 18.3 Å². The van der Waals surface area contributed by atoms with Crippen molar-refractivity contribution >= 4 is 15.7 Å². The number of sulfonamides is 1. The van der Waals surface area contributed by atoms with E-state index >= 15 is 0 Å². The first-order valence-corrected chi connectivity index (χ1v) is 7.72.